The molecule has 1 aromatic rings. The third-order valence-corrected chi connectivity index (χ3v) is 5.34. The molecule has 3 heterocycles. The molecule has 2 aliphatic rings. The van der Waals surface area contributed by atoms with Crippen LogP contribution in [-0.4, -0.2) is 73.5 Å². The number of carbonyl (C=O) groups is 2. The van der Waals surface area contributed by atoms with Crippen LogP contribution < -0.4 is 5.32 Å². The fourth-order valence-corrected chi connectivity index (χ4v) is 4.21. The molecule has 0 saturated carbocycles. The van der Waals surface area contributed by atoms with E-state index < -0.39 is 0 Å². The Morgan fingerprint density at radius 1 is 1.39 bits per heavy atom. The maximum Gasteiger partial charge on any atom is 0.319 e. The van der Waals surface area contributed by atoms with Crippen molar-refractivity contribution in [3.05, 3.63) is 22.4 Å². The molecule has 0 aromatic carbocycles. The molecule has 2 saturated heterocycles. The second-order valence-electron chi connectivity index (χ2n) is 6.89. The molecule has 6 nitrogen and oxygen atoms in total. The zero-order valence-corrected chi connectivity index (χ0v) is 14.6. The third kappa shape index (κ3) is 3.67. The zero-order chi connectivity index (χ0) is 16.4. The van der Waals surface area contributed by atoms with E-state index in [4.69, 9.17) is 0 Å². The van der Waals surface area contributed by atoms with Crippen LogP contribution in [0.3, 0.4) is 0 Å². The molecule has 2 fully saturated rings. The van der Waals surface area contributed by atoms with Crippen LogP contribution >= 0.6 is 11.3 Å². The van der Waals surface area contributed by atoms with E-state index in [-0.39, 0.29) is 17.4 Å². The monoisotopic (exact) mass is 336 g/mol. The van der Waals surface area contributed by atoms with Gasteiger partial charge >= 0.3 is 6.03 Å². The van der Waals surface area contributed by atoms with Crippen molar-refractivity contribution in [1.82, 2.24) is 20.0 Å². The van der Waals surface area contributed by atoms with Crippen LogP contribution in [0.5, 0.6) is 0 Å². The Labute approximate surface area is 141 Å². The molecule has 7 heteroatoms. The second-order valence-corrected chi connectivity index (χ2v) is 7.67. The normalized spacial score (nSPS) is 25.5. The maximum atomic E-state index is 12.4. The minimum Gasteiger partial charge on any atom is -0.355 e. The number of nitrogens with one attached hydrogen (secondary N) is 1. The van der Waals surface area contributed by atoms with E-state index in [9.17, 15) is 9.59 Å². The molecule has 126 valence electrons. The van der Waals surface area contributed by atoms with Gasteiger partial charge in [0.1, 0.15) is 0 Å². The number of hydrogen-bond acceptors (Lipinski definition) is 4. The molecular formula is C16H24N4O2S. The van der Waals surface area contributed by atoms with Gasteiger partial charge in [-0.05, 0) is 22.4 Å². The van der Waals surface area contributed by atoms with E-state index in [1.165, 1.54) is 5.56 Å². The van der Waals surface area contributed by atoms with Gasteiger partial charge in [-0.1, -0.05) is 0 Å². The summed E-state index contributed by atoms with van der Waals surface area (Å²) < 4.78 is 0. The van der Waals surface area contributed by atoms with Gasteiger partial charge in [0, 0.05) is 65.2 Å². The Bertz CT molecular complexity index is 575. The van der Waals surface area contributed by atoms with Gasteiger partial charge in [0.05, 0.1) is 0 Å². The second kappa shape index (κ2) is 6.49. The molecule has 1 aromatic heterocycles. The van der Waals surface area contributed by atoms with Gasteiger partial charge in [-0.15, -0.1) is 0 Å². The summed E-state index contributed by atoms with van der Waals surface area (Å²) in [6, 6.07) is 2.17. The number of urea groups is 1. The Morgan fingerprint density at radius 2 is 2.22 bits per heavy atom. The Balaban J connectivity index is 1.78. The predicted octanol–water partition coefficient (Wildman–Crippen LogP) is 1.05. The van der Waals surface area contributed by atoms with Crippen molar-refractivity contribution in [3.8, 4) is 0 Å². The zero-order valence-electron chi connectivity index (χ0n) is 13.7. The number of rotatable bonds is 2. The first-order chi connectivity index (χ1) is 11.0. The van der Waals surface area contributed by atoms with Gasteiger partial charge in [0.2, 0.25) is 5.91 Å². The molecule has 3 rings (SSSR count). The summed E-state index contributed by atoms with van der Waals surface area (Å²) in [7, 11) is 3.56. The predicted molar refractivity (Wildman–Crippen MR) is 90.3 cm³/mol. The molecule has 23 heavy (non-hydrogen) atoms. The molecule has 0 aliphatic carbocycles. The van der Waals surface area contributed by atoms with Crippen LogP contribution in [-0.2, 0) is 11.3 Å². The van der Waals surface area contributed by atoms with Crippen molar-refractivity contribution in [2.75, 3.05) is 46.8 Å². The first-order valence-electron chi connectivity index (χ1n) is 7.94. The third-order valence-electron chi connectivity index (χ3n) is 4.61. The fourth-order valence-electron chi connectivity index (χ4n) is 3.55. The van der Waals surface area contributed by atoms with Crippen molar-refractivity contribution >= 4 is 23.3 Å². The van der Waals surface area contributed by atoms with Gasteiger partial charge in [-0.3, -0.25) is 9.69 Å². The van der Waals surface area contributed by atoms with Crippen LogP contribution in [0, 0.1) is 5.41 Å². The van der Waals surface area contributed by atoms with E-state index in [1.54, 1.807) is 30.3 Å². The molecule has 2 aliphatic heterocycles. The standard InChI is InChI=1S/C16H24N4O2S/c1-18(2)15(22)20-5-4-19(8-13-3-6-23-9-13)11-16(12-20)7-14(21)17-10-16/h3,6,9H,4-5,7-8,10-12H2,1-2H3,(H,17,21)/t16-/m1/s1. The summed E-state index contributed by atoms with van der Waals surface area (Å²) in [5, 5.41) is 7.21. The summed E-state index contributed by atoms with van der Waals surface area (Å²) in [4.78, 5) is 30.1. The SMILES string of the molecule is CN(C)C(=O)N1CCN(Cc2ccsc2)C[C@@]2(CNC(=O)C2)C1. The Morgan fingerprint density at radius 3 is 2.83 bits per heavy atom. The average Bonchev–Trinajstić information content (AvgIpc) is 3.08. The van der Waals surface area contributed by atoms with Crippen molar-refractivity contribution in [2.24, 2.45) is 5.41 Å². The van der Waals surface area contributed by atoms with Gasteiger partial charge in [0.15, 0.2) is 0 Å². The van der Waals surface area contributed by atoms with Crippen molar-refractivity contribution in [1.29, 1.82) is 0 Å². The highest BCUT2D eigenvalue weighted by Gasteiger charge is 2.44. The van der Waals surface area contributed by atoms with E-state index in [0.717, 1.165) is 19.6 Å². The van der Waals surface area contributed by atoms with Crippen LogP contribution in [0.2, 0.25) is 0 Å². The van der Waals surface area contributed by atoms with Gasteiger partial charge in [-0.2, -0.15) is 11.3 Å². The minimum absolute atomic E-state index is 0.0288. The summed E-state index contributed by atoms with van der Waals surface area (Å²) in [5.41, 5.74) is 1.13. The highest BCUT2D eigenvalue weighted by atomic mass is 32.1. The van der Waals surface area contributed by atoms with E-state index >= 15 is 0 Å². The molecule has 1 atom stereocenters. The fraction of sp³-hybridized carbons (Fsp3) is 0.625. The van der Waals surface area contributed by atoms with Crippen LogP contribution in [0.25, 0.3) is 0 Å². The first kappa shape index (κ1) is 16.3. The summed E-state index contributed by atoms with van der Waals surface area (Å²) in [6.45, 7) is 4.57. The Hall–Kier alpha value is -1.60. The molecule has 1 N–H and O–H groups in total. The summed E-state index contributed by atoms with van der Waals surface area (Å²) in [6.07, 6.45) is 0.504. The lowest BCUT2D eigenvalue weighted by Crippen LogP contribution is -2.46. The summed E-state index contributed by atoms with van der Waals surface area (Å²) >= 11 is 1.70. The van der Waals surface area contributed by atoms with Gasteiger partial charge < -0.3 is 15.1 Å². The number of hydrogen-bond donors (Lipinski definition) is 1. The largest absolute Gasteiger partial charge is 0.355 e. The van der Waals surface area contributed by atoms with Crippen molar-refractivity contribution < 1.29 is 9.59 Å². The molecule has 1 spiro atoms. The number of thiophene rings is 1. The molecule has 3 amide bonds. The number of amides is 3. The van der Waals surface area contributed by atoms with Crippen LogP contribution in [0.4, 0.5) is 4.79 Å². The van der Waals surface area contributed by atoms with E-state index in [0.29, 0.717) is 26.1 Å². The molecular weight excluding hydrogens is 312 g/mol. The highest BCUT2D eigenvalue weighted by molar-refractivity contribution is 7.07. The summed E-state index contributed by atoms with van der Waals surface area (Å²) in [5.74, 6) is 0.0969. The number of nitrogens with zero attached hydrogens (tertiary/aromatic N) is 3. The van der Waals surface area contributed by atoms with Gasteiger partial charge in [0.25, 0.3) is 0 Å². The average molecular weight is 336 g/mol. The Kier molecular flexibility index (Phi) is 4.59. The van der Waals surface area contributed by atoms with Crippen LogP contribution in [0.15, 0.2) is 16.8 Å². The number of carbonyl (C=O) groups excluding carboxylic acids is 2. The lowest BCUT2D eigenvalue weighted by Gasteiger charge is -2.33. The molecule has 0 bridgehead atoms. The first-order valence-corrected chi connectivity index (χ1v) is 8.88. The van der Waals surface area contributed by atoms with Crippen LogP contribution in [0.1, 0.15) is 12.0 Å². The van der Waals surface area contributed by atoms with E-state index in [2.05, 4.69) is 27.0 Å². The minimum atomic E-state index is -0.171. The maximum absolute atomic E-state index is 12.4. The lowest BCUT2D eigenvalue weighted by molar-refractivity contribution is -0.119. The van der Waals surface area contributed by atoms with Gasteiger partial charge in [-0.25, -0.2) is 4.79 Å². The molecule has 0 unspecified atom stereocenters. The lowest BCUT2D eigenvalue weighted by atomic mass is 9.86. The molecule has 0 radical (unpaired) electrons. The van der Waals surface area contributed by atoms with E-state index in [1.807, 2.05) is 4.90 Å². The van der Waals surface area contributed by atoms with Crippen molar-refractivity contribution in [3.63, 3.8) is 0 Å². The smallest absolute Gasteiger partial charge is 0.319 e. The van der Waals surface area contributed by atoms with Crippen molar-refractivity contribution in [2.45, 2.75) is 13.0 Å². The topological polar surface area (TPSA) is 55.9 Å². The quantitative estimate of drug-likeness (QED) is 0.878. The highest BCUT2D eigenvalue weighted by Crippen LogP contribution is 2.31.